The Labute approximate surface area is 127 Å². The number of rotatable bonds is 5. The van der Waals surface area contributed by atoms with Crippen LogP contribution in [0.4, 0.5) is 5.69 Å². The number of hydrogen-bond donors (Lipinski definition) is 2. The van der Waals surface area contributed by atoms with Crippen LogP contribution in [0.15, 0.2) is 24.3 Å². The zero-order chi connectivity index (χ0) is 15.2. The molecule has 2 unspecified atom stereocenters. The average molecular weight is 290 g/mol. The summed E-state index contributed by atoms with van der Waals surface area (Å²) in [7, 11) is 1.63. The van der Waals surface area contributed by atoms with Gasteiger partial charge in [0.25, 0.3) is 0 Å². The van der Waals surface area contributed by atoms with E-state index < -0.39 is 0 Å². The van der Waals surface area contributed by atoms with E-state index in [4.69, 9.17) is 4.74 Å². The Morgan fingerprint density at radius 3 is 2.33 bits per heavy atom. The molecule has 0 saturated heterocycles. The van der Waals surface area contributed by atoms with Crippen molar-refractivity contribution >= 4 is 11.6 Å². The molecule has 1 fully saturated rings. The Morgan fingerprint density at radius 2 is 1.76 bits per heavy atom. The van der Waals surface area contributed by atoms with Gasteiger partial charge in [0.2, 0.25) is 5.91 Å². The maximum Gasteiger partial charge on any atom is 0.238 e. The fourth-order valence-electron chi connectivity index (χ4n) is 3.23. The van der Waals surface area contributed by atoms with Gasteiger partial charge in [0.05, 0.1) is 13.7 Å². The van der Waals surface area contributed by atoms with Crippen LogP contribution in [0.1, 0.15) is 33.1 Å². The molecule has 1 saturated carbocycles. The highest BCUT2D eigenvalue weighted by molar-refractivity contribution is 5.92. The first kappa shape index (κ1) is 15.8. The summed E-state index contributed by atoms with van der Waals surface area (Å²) in [5, 5.41) is 6.29. The Hall–Kier alpha value is -1.55. The first-order valence-electron chi connectivity index (χ1n) is 7.74. The third-order valence-corrected chi connectivity index (χ3v) is 4.10. The molecule has 2 rings (SSSR count). The second-order valence-corrected chi connectivity index (χ2v) is 6.27. The van der Waals surface area contributed by atoms with Crippen LogP contribution in [-0.2, 0) is 4.79 Å². The molecule has 1 amide bonds. The van der Waals surface area contributed by atoms with Crippen LogP contribution < -0.4 is 15.4 Å². The predicted molar refractivity (Wildman–Crippen MR) is 85.6 cm³/mol. The van der Waals surface area contributed by atoms with E-state index in [1.807, 2.05) is 24.3 Å². The standard InChI is InChI=1S/C17H26N2O2/c1-12-8-13(2)10-15(9-12)18-11-17(20)19-14-4-6-16(21-3)7-5-14/h4-7,12-13,15,18H,8-11H2,1-3H3,(H,19,20). The summed E-state index contributed by atoms with van der Waals surface area (Å²) in [5.74, 6) is 2.29. The molecule has 0 heterocycles. The Bertz CT molecular complexity index is 448. The lowest BCUT2D eigenvalue weighted by Crippen LogP contribution is -2.40. The number of ether oxygens (including phenoxy) is 1. The first-order valence-corrected chi connectivity index (χ1v) is 7.74. The molecule has 21 heavy (non-hydrogen) atoms. The van der Waals surface area contributed by atoms with Crippen molar-refractivity contribution in [1.29, 1.82) is 0 Å². The molecular weight excluding hydrogens is 264 g/mol. The number of hydrogen-bond acceptors (Lipinski definition) is 3. The topological polar surface area (TPSA) is 50.4 Å². The number of carbonyl (C=O) groups is 1. The number of nitrogens with one attached hydrogen (secondary N) is 2. The molecule has 1 aliphatic rings. The third kappa shape index (κ3) is 5.05. The molecule has 0 aliphatic heterocycles. The highest BCUT2D eigenvalue weighted by Crippen LogP contribution is 2.28. The van der Waals surface area contributed by atoms with E-state index in [9.17, 15) is 4.79 Å². The van der Waals surface area contributed by atoms with Crippen molar-refractivity contribution in [1.82, 2.24) is 5.32 Å². The number of carbonyl (C=O) groups excluding carboxylic acids is 1. The minimum Gasteiger partial charge on any atom is -0.497 e. The maximum absolute atomic E-state index is 12.0. The van der Waals surface area contributed by atoms with E-state index in [0.29, 0.717) is 12.6 Å². The van der Waals surface area contributed by atoms with Crippen LogP contribution >= 0.6 is 0 Å². The van der Waals surface area contributed by atoms with Crippen molar-refractivity contribution in [2.24, 2.45) is 11.8 Å². The van der Waals surface area contributed by atoms with Gasteiger partial charge in [-0.05, 0) is 55.4 Å². The maximum atomic E-state index is 12.0. The van der Waals surface area contributed by atoms with Gasteiger partial charge in [0.1, 0.15) is 5.75 Å². The largest absolute Gasteiger partial charge is 0.497 e. The smallest absolute Gasteiger partial charge is 0.238 e. The fourth-order valence-corrected chi connectivity index (χ4v) is 3.23. The van der Waals surface area contributed by atoms with Gasteiger partial charge >= 0.3 is 0 Å². The van der Waals surface area contributed by atoms with Crippen molar-refractivity contribution < 1.29 is 9.53 Å². The van der Waals surface area contributed by atoms with E-state index in [2.05, 4.69) is 24.5 Å². The minimum atomic E-state index is 0.00560. The molecule has 1 aromatic carbocycles. The van der Waals surface area contributed by atoms with Crippen molar-refractivity contribution in [2.75, 3.05) is 19.0 Å². The SMILES string of the molecule is COc1ccc(NC(=O)CNC2CC(C)CC(C)C2)cc1. The number of amides is 1. The summed E-state index contributed by atoms with van der Waals surface area (Å²) in [6.07, 6.45) is 3.64. The van der Waals surface area contributed by atoms with Gasteiger partial charge in [0, 0.05) is 11.7 Å². The molecule has 4 nitrogen and oxygen atoms in total. The summed E-state index contributed by atoms with van der Waals surface area (Å²) in [6.45, 7) is 4.96. The molecule has 0 bridgehead atoms. The van der Waals surface area contributed by atoms with Gasteiger partial charge in [-0.25, -0.2) is 0 Å². The molecular formula is C17H26N2O2. The Morgan fingerprint density at radius 1 is 1.14 bits per heavy atom. The average Bonchev–Trinajstić information content (AvgIpc) is 2.45. The lowest BCUT2D eigenvalue weighted by atomic mass is 9.80. The summed E-state index contributed by atoms with van der Waals surface area (Å²) in [5.41, 5.74) is 0.799. The number of anilines is 1. The lowest BCUT2D eigenvalue weighted by Gasteiger charge is -2.31. The molecule has 2 atom stereocenters. The van der Waals surface area contributed by atoms with Gasteiger partial charge in [-0.1, -0.05) is 13.8 Å². The number of benzene rings is 1. The highest BCUT2D eigenvalue weighted by atomic mass is 16.5. The molecule has 0 radical (unpaired) electrons. The van der Waals surface area contributed by atoms with Crippen molar-refractivity contribution in [2.45, 2.75) is 39.2 Å². The van der Waals surface area contributed by atoms with E-state index in [1.165, 1.54) is 19.3 Å². The molecule has 1 aliphatic carbocycles. The molecule has 1 aromatic rings. The van der Waals surface area contributed by atoms with E-state index in [-0.39, 0.29) is 5.91 Å². The highest BCUT2D eigenvalue weighted by Gasteiger charge is 2.23. The minimum absolute atomic E-state index is 0.00560. The van der Waals surface area contributed by atoms with Gasteiger partial charge in [-0.2, -0.15) is 0 Å². The van der Waals surface area contributed by atoms with Crippen LogP contribution in [-0.4, -0.2) is 25.6 Å². The first-order chi connectivity index (χ1) is 10.1. The van der Waals surface area contributed by atoms with Gasteiger partial charge in [0.15, 0.2) is 0 Å². The zero-order valence-corrected chi connectivity index (χ0v) is 13.2. The molecule has 0 spiro atoms. The second kappa shape index (κ2) is 7.46. The third-order valence-electron chi connectivity index (χ3n) is 4.10. The lowest BCUT2D eigenvalue weighted by molar-refractivity contribution is -0.115. The van der Waals surface area contributed by atoms with Crippen LogP contribution in [0.25, 0.3) is 0 Å². The molecule has 116 valence electrons. The zero-order valence-electron chi connectivity index (χ0n) is 13.2. The monoisotopic (exact) mass is 290 g/mol. The summed E-state index contributed by atoms with van der Waals surface area (Å²) >= 11 is 0. The van der Waals surface area contributed by atoms with Crippen LogP contribution in [0.2, 0.25) is 0 Å². The van der Waals surface area contributed by atoms with E-state index >= 15 is 0 Å². The quantitative estimate of drug-likeness (QED) is 0.876. The van der Waals surface area contributed by atoms with Crippen LogP contribution in [0.5, 0.6) is 5.75 Å². The van der Waals surface area contributed by atoms with Crippen molar-refractivity contribution in [3.05, 3.63) is 24.3 Å². The fraction of sp³-hybridized carbons (Fsp3) is 0.588. The Balaban J connectivity index is 1.76. The summed E-state index contributed by atoms with van der Waals surface area (Å²) in [4.78, 5) is 12.0. The van der Waals surface area contributed by atoms with Crippen LogP contribution in [0.3, 0.4) is 0 Å². The normalized spacial score (nSPS) is 25.4. The van der Waals surface area contributed by atoms with Crippen molar-refractivity contribution in [3.63, 3.8) is 0 Å². The Kier molecular flexibility index (Phi) is 5.62. The molecule has 2 N–H and O–H groups in total. The van der Waals surface area contributed by atoms with E-state index in [1.54, 1.807) is 7.11 Å². The van der Waals surface area contributed by atoms with Gasteiger partial charge in [-0.15, -0.1) is 0 Å². The van der Waals surface area contributed by atoms with Gasteiger partial charge < -0.3 is 15.4 Å². The predicted octanol–water partition coefficient (Wildman–Crippen LogP) is 3.05. The summed E-state index contributed by atoms with van der Waals surface area (Å²) < 4.78 is 5.10. The van der Waals surface area contributed by atoms with Crippen LogP contribution in [0, 0.1) is 11.8 Å². The van der Waals surface area contributed by atoms with Gasteiger partial charge in [-0.3, -0.25) is 4.79 Å². The summed E-state index contributed by atoms with van der Waals surface area (Å²) in [6, 6.07) is 7.84. The van der Waals surface area contributed by atoms with E-state index in [0.717, 1.165) is 23.3 Å². The molecule has 0 aromatic heterocycles. The second-order valence-electron chi connectivity index (χ2n) is 6.27. The van der Waals surface area contributed by atoms with Crippen molar-refractivity contribution in [3.8, 4) is 5.75 Å². The molecule has 4 heteroatoms. The number of methoxy groups -OCH3 is 1.